The summed E-state index contributed by atoms with van der Waals surface area (Å²) >= 11 is 0. The highest BCUT2D eigenvalue weighted by atomic mass is 19.1. The molecule has 0 N–H and O–H groups in total. The van der Waals surface area contributed by atoms with Gasteiger partial charge in [0.15, 0.2) is 11.5 Å². The Morgan fingerprint density at radius 1 is 1.23 bits per heavy atom. The van der Waals surface area contributed by atoms with E-state index in [1.807, 2.05) is 0 Å². The number of hydrogen-bond donors (Lipinski definition) is 0. The van der Waals surface area contributed by atoms with Gasteiger partial charge < -0.3 is 9.47 Å². The fourth-order valence-corrected chi connectivity index (χ4v) is 2.37. The number of benzene rings is 2. The van der Waals surface area contributed by atoms with Crippen molar-refractivity contribution in [2.75, 3.05) is 7.11 Å². The molecular formula is C16H12FNO4. The van der Waals surface area contributed by atoms with Crippen molar-refractivity contribution in [2.24, 2.45) is 0 Å². The van der Waals surface area contributed by atoms with Crippen molar-refractivity contribution in [1.82, 2.24) is 0 Å². The van der Waals surface area contributed by atoms with E-state index in [4.69, 9.17) is 9.47 Å². The molecule has 1 unspecified atom stereocenters. The molecule has 1 atom stereocenters. The summed E-state index contributed by atoms with van der Waals surface area (Å²) in [5.74, 6) is 0.511. The molecule has 1 aliphatic rings. The first kappa shape index (κ1) is 14.1. The van der Waals surface area contributed by atoms with Crippen LogP contribution in [0.15, 0.2) is 48.2 Å². The van der Waals surface area contributed by atoms with Gasteiger partial charge in [-0.15, -0.1) is 0 Å². The van der Waals surface area contributed by atoms with E-state index in [0.717, 1.165) is 0 Å². The topological polar surface area (TPSA) is 61.6 Å². The lowest BCUT2D eigenvalue weighted by atomic mass is 10.0. The van der Waals surface area contributed by atoms with Crippen LogP contribution in [0.5, 0.6) is 11.5 Å². The van der Waals surface area contributed by atoms with Crippen LogP contribution < -0.4 is 9.47 Å². The van der Waals surface area contributed by atoms with Crippen LogP contribution in [-0.4, -0.2) is 12.0 Å². The Labute approximate surface area is 125 Å². The maximum Gasteiger partial charge on any atom is 0.291 e. The summed E-state index contributed by atoms with van der Waals surface area (Å²) in [5, 5.41) is 11.3. The van der Waals surface area contributed by atoms with Gasteiger partial charge >= 0.3 is 0 Å². The molecule has 0 aliphatic carbocycles. The van der Waals surface area contributed by atoms with Crippen LogP contribution in [0.3, 0.4) is 0 Å². The first-order valence-corrected chi connectivity index (χ1v) is 6.55. The number of para-hydroxylation sites is 1. The molecule has 1 aliphatic heterocycles. The summed E-state index contributed by atoms with van der Waals surface area (Å²) in [7, 11) is 1.50. The largest absolute Gasteiger partial charge is 0.493 e. The Balaban J connectivity index is 2.11. The Kier molecular flexibility index (Phi) is 3.50. The average molecular weight is 301 g/mol. The number of hydrogen-bond acceptors (Lipinski definition) is 4. The molecule has 0 saturated carbocycles. The highest BCUT2D eigenvalue weighted by molar-refractivity contribution is 5.66. The van der Waals surface area contributed by atoms with Crippen LogP contribution in [0.2, 0.25) is 0 Å². The maximum absolute atomic E-state index is 13.1. The molecule has 1 heterocycles. The van der Waals surface area contributed by atoms with Crippen LogP contribution in [0.1, 0.15) is 17.2 Å². The first-order valence-electron chi connectivity index (χ1n) is 6.55. The van der Waals surface area contributed by atoms with Gasteiger partial charge in [0.05, 0.1) is 12.0 Å². The van der Waals surface area contributed by atoms with Gasteiger partial charge in [-0.25, -0.2) is 4.39 Å². The van der Waals surface area contributed by atoms with E-state index in [1.54, 1.807) is 18.2 Å². The quantitative estimate of drug-likeness (QED) is 0.642. The predicted octanol–water partition coefficient (Wildman–Crippen LogP) is 3.59. The number of methoxy groups -OCH3 is 1. The van der Waals surface area contributed by atoms with Gasteiger partial charge in [0, 0.05) is 17.2 Å². The number of nitro groups is 1. The molecule has 3 rings (SSSR count). The number of rotatable bonds is 3. The molecule has 0 fully saturated rings. The molecule has 0 saturated heterocycles. The Bertz CT molecular complexity index is 755. The molecule has 0 aromatic heterocycles. The maximum atomic E-state index is 13.1. The van der Waals surface area contributed by atoms with Crippen molar-refractivity contribution in [3.05, 3.63) is 75.2 Å². The van der Waals surface area contributed by atoms with Crippen molar-refractivity contribution >= 4 is 6.08 Å². The molecule has 0 bridgehead atoms. The lowest BCUT2D eigenvalue weighted by Crippen LogP contribution is -2.20. The second-order valence-electron chi connectivity index (χ2n) is 4.75. The minimum Gasteiger partial charge on any atom is -0.493 e. The molecule has 6 heteroatoms. The highest BCUT2D eigenvalue weighted by Gasteiger charge is 2.34. The number of halogens is 1. The zero-order valence-electron chi connectivity index (χ0n) is 11.7. The van der Waals surface area contributed by atoms with Crippen LogP contribution in [0, 0.1) is 15.9 Å². The molecule has 5 nitrogen and oxygen atoms in total. The number of ether oxygens (including phenoxy) is 2. The van der Waals surface area contributed by atoms with Gasteiger partial charge in [-0.3, -0.25) is 10.1 Å². The molecule has 0 amide bonds. The predicted molar refractivity (Wildman–Crippen MR) is 77.7 cm³/mol. The van der Waals surface area contributed by atoms with Crippen LogP contribution in [0.4, 0.5) is 4.39 Å². The highest BCUT2D eigenvalue weighted by Crippen LogP contribution is 2.42. The minimum absolute atomic E-state index is 0.104. The molecular weight excluding hydrogens is 289 g/mol. The standard InChI is InChI=1S/C16H12FNO4/c1-21-14-4-2-3-11-9-13(18(19)20)15(22-16(11)14)10-5-7-12(17)8-6-10/h2-9,15H,1H3. The fraction of sp³-hybridized carbons (Fsp3) is 0.125. The van der Waals surface area contributed by atoms with Gasteiger partial charge in [0.1, 0.15) is 5.82 Å². The molecule has 0 spiro atoms. The summed E-state index contributed by atoms with van der Waals surface area (Å²) in [5.41, 5.74) is 0.970. The van der Waals surface area contributed by atoms with Crippen LogP contribution >= 0.6 is 0 Å². The Morgan fingerprint density at radius 2 is 1.95 bits per heavy atom. The van der Waals surface area contributed by atoms with Crippen molar-refractivity contribution < 1.29 is 18.8 Å². The second-order valence-corrected chi connectivity index (χ2v) is 4.75. The SMILES string of the molecule is COc1cccc2c1OC(c1ccc(F)cc1)C([N+](=O)[O-])=C2. The van der Waals surface area contributed by atoms with E-state index in [-0.39, 0.29) is 5.70 Å². The van der Waals surface area contributed by atoms with Gasteiger partial charge in [-0.05, 0) is 18.2 Å². The zero-order chi connectivity index (χ0) is 15.7. The Hall–Kier alpha value is -2.89. The summed E-state index contributed by atoms with van der Waals surface area (Å²) in [6, 6.07) is 10.6. The monoisotopic (exact) mass is 301 g/mol. The van der Waals surface area contributed by atoms with Crippen LogP contribution in [0.25, 0.3) is 6.08 Å². The van der Waals surface area contributed by atoms with E-state index in [1.165, 1.54) is 37.5 Å². The van der Waals surface area contributed by atoms with E-state index >= 15 is 0 Å². The summed E-state index contributed by atoms with van der Waals surface area (Å²) in [6.45, 7) is 0. The average Bonchev–Trinajstić information content (AvgIpc) is 2.53. The lowest BCUT2D eigenvalue weighted by molar-refractivity contribution is -0.434. The molecule has 0 radical (unpaired) electrons. The smallest absolute Gasteiger partial charge is 0.291 e. The van der Waals surface area contributed by atoms with E-state index in [2.05, 4.69) is 0 Å². The van der Waals surface area contributed by atoms with Crippen molar-refractivity contribution in [1.29, 1.82) is 0 Å². The Morgan fingerprint density at radius 3 is 2.59 bits per heavy atom. The molecule has 22 heavy (non-hydrogen) atoms. The van der Waals surface area contributed by atoms with Gasteiger partial charge in [0.25, 0.3) is 5.70 Å². The first-order chi connectivity index (χ1) is 10.6. The molecule has 2 aromatic carbocycles. The van der Waals surface area contributed by atoms with Crippen molar-refractivity contribution in [2.45, 2.75) is 6.10 Å². The molecule has 2 aromatic rings. The summed E-state index contributed by atoms with van der Waals surface area (Å²) < 4.78 is 24.1. The zero-order valence-corrected chi connectivity index (χ0v) is 11.7. The van der Waals surface area contributed by atoms with Crippen LogP contribution in [-0.2, 0) is 0 Å². The summed E-state index contributed by atoms with van der Waals surface area (Å²) in [6.07, 6.45) is 0.537. The van der Waals surface area contributed by atoms with Gasteiger partial charge in [-0.1, -0.05) is 24.3 Å². The number of fused-ring (bicyclic) bond motifs is 1. The van der Waals surface area contributed by atoms with Crippen molar-refractivity contribution in [3.8, 4) is 11.5 Å². The van der Waals surface area contributed by atoms with Gasteiger partial charge in [-0.2, -0.15) is 0 Å². The second kappa shape index (κ2) is 5.48. The summed E-state index contributed by atoms with van der Waals surface area (Å²) in [4.78, 5) is 10.8. The third kappa shape index (κ3) is 2.39. The molecule has 112 valence electrons. The normalized spacial score (nSPS) is 16.3. The lowest BCUT2D eigenvalue weighted by Gasteiger charge is -2.24. The van der Waals surface area contributed by atoms with E-state index in [0.29, 0.717) is 22.6 Å². The third-order valence-electron chi connectivity index (χ3n) is 3.42. The van der Waals surface area contributed by atoms with Gasteiger partial charge in [0.2, 0.25) is 6.10 Å². The number of nitrogens with zero attached hydrogens (tertiary/aromatic N) is 1. The van der Waals surface area contributed by atoms with E-state index < -0.39 is 16.8 Å². The minimum atomic E-state index is -0.917. The van der Waals surface area contributed by atoms with Crippen molar-refractivity contribution in [3.63, 3.8) is 0 Å². The third-order valence-corrected chi connectivity index (χ3v) is 3.42. The fourth-order valence-electron chi connectivity index (χ4n) is 2.37. The van der Waals surface area contributed by atoms with E-state index in [9.17, 15) is 14.5 Å².